The topological polar surface area (TPSA) is 327 Å². The highest BCUT2D eigenvalue weighted by molar-refractivity contribution is 9.10. The third kappa shape index (κ3) is 25.6. The van der Waals surface area contributed by atoms with Crippen LogP contribution in [0.4, 0.5) is 4.79 Å². The van der Waals surface area contributed by atoms with Gasteiger partial charge in [0.25, 0.3) is 0 Å². The second-order valence-electron chi connectivity index (χ2n) is 15.7. The lowest BCUT2D eigenvalue weighted by Crippen LogP contribution is -2.51. The van der Waals surface area contributed by atoms with Gasteiger partial charge in [0.15, 0.2) is 0 Å². The van der Waals surface area contributed by atoms with E-state index in [0.29, 0.717) is 51.9 Å². The molecule has 1 aliphatic heterocycles. The highest BCUT2D eigenvalue weighted by Crippen LogP contribution is 2.15. The second kappa shape index (κ2) is 30.7. The first-order valence-corrected chi connectivity index (χ1v) is 22.2. The van der Waals surface area contributed by atoms with E-state index in [9.17, 15) is 68.7 Å². The summed E-state index contributed by atoms with van der Waals surface area (Å²) >= 11 is 3.40. The minimum Gasteiger partial charge on any atom is -0.481 e. The molecule has 65 heavy (non-hydrogen) atoms. The molecule has 0 aromatic heterocycles. The number of amides is 4. The Morgan fingerprint density at radius 3 is 1.46 bits per heavy atom. The molecule has 0 saturated carbocycles. The average molecular weight is 988 g/mol. The first kappa shape index (κ1) is 55.7. The van der Waals surface area contributed by atoms with Crippen molar-refractivity contribution in [1.82, 2.24) is 40.4 Å². The number of benzene rings is 1. The highest BCUT2D eigenvalue weighted by Gasteiger charge is 2.26. The number of halogens is 1. The van der Waals surface area contributed by atoms with Crippen LogP contribution in [-0.4, -0.2) is 213 Å². The van der Waals surface area contributed by atoms with Crippen LogP contribution in [0.25, 0.3) is 0 Å². The molecule has 1 saturated heterocycles. The Morgan fingerprint density at radius 2 is 1.02 bits per heavy atom. The van der Waals surface area contributed by atoms with E-state index in [2.05, 4.69) is 31.9 Å². The number of carboxylic acids is 6. The predicted octanol–water partition coefficient (Wildman–Crippen LogP) is 0.170. The fourth-order valence-electron chi connectivity index (χ4n) is 6.90. The molecule has 0 spiro atoms. The first-order chi connectivity index (χ1) is 30.8. The molecule has 1 aromatic rings. The van der Waals surface area contributed by atoms with Crippen LogP contribution in [0.15, 0.2) is 28.7 Å². The van der Waals surface area contributed by atoms with Gasteiger partial charge in [0.05, 0.1) is 26.2 Å². The van der Waals surface area contributed by atoms with Crippen molar-refractivity contribution < 1.29 is 73.8 Å². The van der Waals surface area contributed by atoms with Crippen LogP contribution in [-0.2, 0) is 44.9 Å². The standard InChI is InChI=1S/C41H63BrN8O15/c42-30-10-8-29(9-11-30)24-50(15-5-3-6-31(39(61)62)44-41(65)45-32(40(63)64)12-13-35(53)54)34(52)7-2-1-4-14-43-33(51)25-46-16-18-47(26-36(55)56)20-22-49(28-38(59)60)23-21-48(19-17-46)27-37(57)58/h8-11,31-32H,1-7,12-28H2,(H,43,51)(H,53,54)(H,55,56)(H,57,58)(H,59,60)(H,61,62)(H,63,64)(H2,44,45,65)/t31-,32-/m0/s1. The van der Waals surface area contributed by atoms with Crippen molar-refractivity contribution in [2.75, 3.05) is 91.6 Å². The maximum absolute atomic E-state index is 13.5. The molecule has 1 fully saturated rings. The van der Waals surface area contributed by atoms with E-state index in [1.54, 1.807) is 19.6 Å². The molecule has 1 aliphatic rings. The third-order valence-corrected chi connectivity index (χ3v) is 11.0. The Labute approximate surface area is 385 Å². The largest absolute Gasteiger partial charge is 0.481 e. The van der Waals surface area contributed by atoms with E-state index in [4.69, 9.17) is 5.11 Å². The van der Waals surface area contributed by atoms with Crippen molar-refractivity contribution in [1.29, 1.82) is 0 Å². The Kier molecular flexibility index (Phi) is 26.3. The predicted molar refractivity (Wildman–Crippen MR) is 235 cm³/mol. The summed E-state index contributed by atoms with van der Waals surface area (Å²) in [5.74, 6) is -7.64. The summed E-state index contributed by atoms with van der Waals surface area (Å²) in [6, 6.07) is 3.44. The van der Waals surface area contributed by atoms with Crippen molar-refractivity contribution in [2.45, 2.75) is 76.4 Å². The van der Waals surface area contributed by atoms with Gasteiger partial charge in [-0.05, 0) is 56.2 Å². The van der Waals surface area contributed by atoms with Gasteiger partial charge in [0, 0.05) is 89.3 Å². The molecule has 2 atom stereocenters. The number of carboxylic acid groups (broad SMARTS) is 6. The molecule has 9 N–H and O–H groups in total. The Morgan fingerprint density at radius 1 is 0.554 bits per heavy atom. The van der Waals surface area contributed by atoms with Crippen LogP contribution in [0.3, 0.4) is 0 Å². The van der Waals surface area contributed by atoms with E-state index in [0.717, 1.165) is 10.0 Å². The summed E-state index contributed by atoms with van der Waals surface area (Å²) in [5.41, 5.74) is 0.866. The number of carbonyl (C=O) groups excluding carboxylic acids is 3. The van der Waals surface area contributed by atoms with Crippen LogP contribution in [0.5, 0.6) is 0 Å². The van der Waals surface area contributed by atoms with Crippen molar-refractivity contribution in [3.63, 3.8) is 0 Å². The number of carbonyl (C=O) groups is 9. The Bertz CT molecular complexity index is 1710. The van der Waals surface area contributed by atoms with Gasteiger partial charge in [-0.1, -0.05) is 34.5 Å². The fraction of sp³-hybridized carbons (Fsp3) is 0.634. The fourth-order valence-corrected chi connectivity index (χ4v) is 7.17. The zero-order chi connectivity index (χ0) is 48.3. The van der Waals surface area contributed by atoms with Gasteiger partial charge >= 0.3 is 41.8 Å². The zero-order valence-corrected chi connectivity index (χ0v) is 38.0. The number of nitrogens with one attached hydrogen (secondary N) is 3. The second-order valence-corrected chi connectivity index (χ2v) is 16.6. The van der Waals surface area contributed by atoms with Crippen molar-refractivity contribution in [3.05, 3.63) is 34.3 Å². The molecule has 1 heterocycles. The normalized spacial score (nSPS) is 15.6. The van der Waals surface area contributed by atoms with E-state index >= 15 is 0 Å². The Balaban J connectivity index is 1.92. The van der Waals surface area contributed by atoms with Crippen molar-refractivity contribution >= 4 is 69.6 Å². The SMILES string of the molecule is O=C(O)CC[C@H](NC(=O)N[C@@H](CCCCN(Cc1ccc(Br)cc1)C(=O)CCCCCNC(=O)CN1CCN(CC(=O)O)CCN(CC(=O)O)CCN(CC(=O)O)CC1)C(=O)O)C(=O)O. The van der Waals surface area contributed by atoms with Gasteiger partial charge in [-0.25, -0.2) is 14.4 Å². The summed E-state index contributed by atoms with van der Waals surface area (Å²) in [5, 5.41) is 63.3. The van der Waals surface area contributed by atoms with E-state index < -0.39 is 66.8 Å². The number of rotatable bonds is 28. The molecule has 0 radical (unpaired) electrons. The van der Waals surface area contributed by atoms with Gasteiger partial charge in [-0.2, -0.15) is 0 Å². The highest BCUT2D eigenvalue weighted by atomic mass is 79.9. The first-order valence-electron chi connectivity index (χ1n) is 21.4. The van der Waals surface area contributed by atoms with E-state index in [1.807, 2.05) is 29.2 Å². The molecular weight excluding hydrogens is 924 g/mol. The van der Waals surface area contributed by atoms with E-state index in [-0.39, 0.29) is 103 Å². The number of unbranched alkanes of at least 4 members (excludes halogenated alkanes) is 3. The number of aliphatic carboxylic acids is 6. The lowest BCUT2D eigenvalue weighted by molar-refractivity contribution is -0.141. The summed E-state index contributed by atoms with van der Waals surface area (Å²) in [6.45, 7) is 2.25. The molecule has 0 aliphatic carbocycles. The third-order valence-electron chi connectivity index (χ3n) is 10.4. The molecule has 0 bridgehead atoms. The maximum atomic E-state index is 13.5. The quantitative estimate of drug-likeness (QED) is 0.0506. The lowest BCUT2D eigenvalue weighted by Gasteiger charge is -2.32. The lowest BCUT2D eigenvalue weighted by atomic mass is 10.1. The minimum atomic E-state index is -1.53. The molecule has 0 unspecified atom stereocenters. The number of nitrogens with zero attached hydrogens (tertiary/aromatic N) is 5. The maximum Gasteiger partial charge on any atom is 0.326 e. The molecule has 24 heteroatoms. The molecule has 1 aromatic carbocycles. The van der Waals surface area contributed by atoms with Crippen LogP contribution in [0, 0.1) is 0 Å². The van der Waals surface area contributed by atoms with Gasteiger partial charge in [-0.3, -0.25) is 48.4 Å². The molecule has 4 amide bonds. The molecule has 23 nitrogen and oxygen atoms in total. The molecule has 364 valence electrons. The van der Waals surface area contributed by atoms with Crippen LogP contribution < -0.4 is 16.0 Å². The number of urea groups is 1. The minimum absolute atomic E-state index is 0.0211. The Hall–Kier alpha value is -5.43. The van der Waals surface area contributed by atoms with Crippen molar-refractivity contribution in [3.8, 4) is 0 Å². The molecular formula is C41H63BrN8O15. The summed E-state index contributed by atoms with van der Waals surface area (Å²) in [4.78, 5) is 116. The molecule has 2 rings (SSSR count). The zero-order valence-electron chi connectivity index (χ0n) is 36.4. The van der Waals surface area contributed by atoms with Gasteiger partial charge < -0.3 is 51.5 Å². The van der Waals surface area contributed by atoms with Gasteiger partial charge in [0.1, 0.15) is 12.1 Å². The van der Waals surface area contributed by atoms with Gasteiger partial charge in [-0.15, -0.1) is 0 Å². The van der Waals surface area contributed by atoms with Crippen LogP contribution in [0.1, 0.15) is 63.4 Å². The van der Waals surface area contributed by atoms with Crippen molar-refractivity contribution in [2.24, 2.45) is 0 Å². The van der Waals surface area contributed by atoms with Crippen LogP contribution in [0.2, 0.25) is 0 Å². The number of hydrogen-bond acceptors (Lipinski definition) is 13. The van der Waals surface area contributed by atoms with Gasteiger partial charge in [0.2, 0.25) is 11.8 Å². The smallest absolute Gasteiger partial charge is 0.326 e. The summed E-state index contributed by atoms with van der Waals surface area (Å²) < 4.78 is 0.856. The van der Waals surface area contributed by atoms with E-state index in [1.165, 1.54) is 0 Å². The summed E-state index contributed by atoms with van der Waals surface area (Å²) in [7, 11) is 0. The number of hydrogen-bond donors (Lipinski definition) is 9. The monoisotopic (exact) mass is 986 g/mol. The van der Waals surface area contributed by atoms with Crippen LogP contribution >= 0.6 is 15.9 Å². The summed E-state index contributed by atoms with van der Waals surface area (Å²) in [6.07, 6.45) is 1.64. The average Bonchev–Trinajstić information content (AvgIpc) is 3.22.